The maximum Gasteiger partial charge on any atom is 0.161 e. The Morgan fingerprint density at radius 1 is 1.28 bits per heavy atom. The maximum atomic E-state index is 5.75. The first-order valence-electron chi connectivity index (χ1n) is 6.38. The van der Waals surface area contributed by atoms with Crippen molar-refractivity contribution in [2.45, 2.75) is 26.8 Å². The Labute approximate surface area is 110 Å². The lowest BCUT2D eigenvalue weighted by molar-refractivity contribution is 0.317. The molecule has 1 aromatic rings. The van der Waals surface area contributed by atoms with E-state index >= 15 is 0 Å². The fourth-order valence-electron chi connectivity index (χ4n) is 1.50. The van der Waals surface area contributed by atoms with Gasteiger partial charge in [0, 0.05) is 6.54 Å². The van der Waals surface area contributed by atoms with Gasteiger partial charge in [0.25, 0.3) is 0 Å². The van der Waals surface area contributed by atoms with Gasteiger partial charge in [-0.05, 0) is 36.2 Å². The number of methoxy groups -OCH3 is 1. The zero-order valence-corrected chi connectivity index (χ0v) is 11.6. The van der Waals surface area contributed by atoms with E-state index in [0.717, 1.165) is 36.6 Å². The minimum atomic E-state index is 0.539. The molecule has 0 heterocycles. The Kier molecular flexibility index (Phi) is 6.29. The lowest BCUT2D eigenvalue weighted by Gasteiger charge is -2.13. The maximum absolute atomic E-state index is 5.75. The molecular formula is C15H23NO2. The van der Waals surface area contributed by atoms with Crippen LogP contribution in [-0.2, 0) is 6.54 Å². The van der Waals surface area contributed by atoms with Gasteiger partial charge in [0.1, 0.15) is 6.61 Å². The van der Waals surface area contributed by atoms with Crippen molar-refractivity contribution in [1.82, 2.24) is 5.32 Å². The minimum Gasteiger partial charge on any atom is -0.493 e. The normalized spacial score (nSPS) is 10.2. The SMILES string of the molecule is C=C(CC)COc1cc(CNCC)ccc1OC. The number of ether oxygens (including phenoxy) is 2. The van der Waals surface area contributed by atoms with E-state index in [2.05, 4.69) is 25.7 Å². The second-order valence-corrected chi connectivity index (χ2v) is 4.16. The summed E-state index contributed by atoms with van der Waals surface area (Å²) in [6.45, 7) is 10.4. The zero-order chi connectivity index (χ0) is 13.4. The quantitative estimate of drug-likeness (QED) is 0.718. The molecule has 18 heavy (non-hydrogen) atoms. The second-order valence-electron chi connectivity index (χ2n) is 4.16. The van der Waals surface area contributed by atoms with E-state index in [1.165, 1.54) is 5.56 Å². The summed E-state index contributed by atoms with van der Waals surface area (Å²) in [5.41, 5.74) is 2.27. The van der Waals surface area contributed by atoms with Crippen molar-refractivity contribution in [3.63, 3.8) is 0 Å². The van der Waals surface area contributed by atoms with E-state index in [4.69, 9.17) is 9.47 Å². The van der Waals surface area contributed by atoms with Gasteiger partial charge in [-0.2, -0.15) is 0 Å². The van der Waals surface area contributed by atoms with Crippen LogP contribution < -0.4 is 14.8 Å². The van der Waals surface area contributed by atoms with Gasteiger partial charge in [-0.3, -0.25) is 0 Å². The molecule has 1 N–H and O–H groups in total. The highest BCUT2D eigenvalue weighted by atomic mass is 16.5. The van der Waals surface area contributed by atoms with Crippen LogP contribution in [0.2, 0.25) is 0 Å². The molecule has 0 radical (unpaired) electrons. The predicted molar refractivity (Wildman–Crippen MR) is 75.3 cm³/mol. The van der Waals surface area contributed by atoms with Crippen LogP contribution in [0.4, 0.5) is 0 Å². The lowest BCUT2D eigenvalue weighted by atomic mass is 10.2. The molecule has 0 fully saturated rings. The highest BCUT2D eigenvalue weighted by Crippen LogP contribution is 2.28. The van der Waals surface area contributed by atoms with Crippen molar-refractivity contribution in [1.29, 1.82) is 0 Å². The summed E-state index contributed by atoms with van der Waals surface area (Å²) in [5, 5.41) is 3.29. The molecule has 0 spiro atoms. The van der Waals surface area contributed by atoms with Crippen molar-refractivity contribution >= 4 is 0 Å². The molecule has 3 nitrogen and oxygen atoms in total. The Morgan fingerprint density at radius 3 is 2.67 bits per heavy atom. The van der Waals surface area contributed by atoms with Crippen LogP contribution in [0.25, 0.3) is 0 Å². The van der Waals surface area contributed by atoms with Gasteiger partial charge in [-0.15, -0.1) is 0 Å². The summed E-state index contributed by atoms with van der Waals surface area (Å²) in [7, 11) is 1.65. The molecule has 0 unspecified atom stereocenters. The first-order valence-corrected chi connectivity index (χ1v) is 6.38. The van der Waals surface area contributed by atoms with E-state index in [-0.39, 0.29) is 0 Å². The molecule has 0 amide bonds. The van der Waals surface area contributed by atoms with Gasteiger partial charge < -0.3 is 14.8 Å². The van der Waals surface area contributed by atoms with Crippen molar-refractivity contribution in [2.75, 3.05) is 20.3 Å². The Hall–Kier alpha value is -1.48. The van der Waals surface area contributed by atoms with E-state index < -0.39 is 0 Å². The van der Waals surface area contributed by atoms with Gasteiger partial charge >= 0.3 is 0 Å². The van der Waals surface area contributed by atoms with Crippen LogP contribution in [-0.4, -0.2) is 20.3 Å². The third kappa shape index (κ3) is 4.41. The average Bonchev–Trinajstić information content (AvgIpc) is 2.42. The topological polar surface area (TPSA) is 30.5 Å². The monoisotopic (exact) mass is 249 g/mol. The molecule has 0 atom stereocenters. The summed E-state index contributed by atoms with van der Waals surface area (Å²) >= 11 is 0. The van der Waals surface area contributed by atoms with Crippen molar-refractivity contribution < 1.29 is 9.47 Å². The van der Waals surface area contributed by atoms with Gasteiger partial charge in [0.05, 0.1) is 7.11 Å². The highest BCUT2D eigenvalue weighted by Gasteiger charge is 2.06. The number of hydrogen-bond acceptors (Lipinski definition) is 3. The van der Waals surface area contributed by atoms with E-state index in [9.17, 15) is 0 Å². The van der Waals surface area contributed by atoms with Crippen molar-refractivity contribution in [3.05, 3.63) is 35.9 Å². The van der Waals surface area contributed by atoms with Crippen molar-refractivity contribution in [2.24, 2.45) is 0 Å². The van der Waals surface area contributed by atoms with E-state index in [0.29, 0.717) is 6.61 Å². The number of nitrogens with one attached hydrogen (secondary N) is 1. The summed E-state index contributed by atoms with van der Waals surface area (Å²) < 4.78 is 11.0. The van der Waals surface area contributed by atoms with Gasteiger partial charge in [0.2, 0.25) is 0 Å². The summed E-state index contributed by atoms with van der Waals surface area (Å²) in [4.78, 5) is 0. The predicted octanol–water partition coefficient (Wildman–Crippen LogP) is 3.15. The zero-order valence-electron chi connectivity index (χ0n) is 11.6. The summed E-state index contributed by atoms with van der Waals surface area (Å²) in [5.74, 6) is 1.54. The first kappa shape index (κ1) is 14.6. The Bertz CT molecular complexity index is 388. The molecule has 0 bridgehead atoms. The molecule has 0 aliphatic rings. The molecule has 0 aliphatic carbocycles. The van der Waals surface area contributed by atoms with Gasteiger partial charge in [-0.1, -0.05) is 26.5 Å². The number of benzene rings is 1. The fraction of sp³-hybridized carbons (Fsp3) is 0.467. The third-order valence-corrected chi connectivity index (χ3v) is 2.74. The first-order chi connectivity index (χ1) is 8.71. The lowest BCUT2D eigenvalue weighted by Crippen LogP contribution is -2.12. The standard InChI is InChI=1S/C15H23NO2/c1-5-12(3)11-18-15-9-13(10-16-6-2)7-8-14(15)17-4/h7-9,16H,3,5-6,10-11H2,1-2,4H3. The number of rotatable bonds is 8. The van der Waals surface area contributed by atoms with Crippen LogP contribution in [0.1, 0.15) is 25.8 Å². The fourth-order valence-corrected chi connectivity index (χ4v) is 1.50. The minimum absolute atomic E-state index is 0.539. The van der Waals surface area contributed by atoms with Gasteiger partial charge in [0.15, 0.2) is 11.5 Å². The summed E-state index contributed by atoms with van der Waals surface area (Å²) in [6, 6.07) is 6.00. The van der Waals surface area contributed by atoms with Gasteiger partial charge in [-0.25, -0.2) is 0 Å². The average molecular weight is 249 g/mol. The van der Waals surface area contributed by atoms with E-state index in [1.54, 1.807) is 7.11 Å². The molecule has 1 aromatic carbocycles. The Balaban J connectivity index is 2.74. The van der Waals surface area contributed by atoms with Crippen LogP contribution in [0.5, 0.6) is 11.5 Å². The molecule has 0 saturated heterocycles. The molecule has 0 saturated carbocycles. The number of hydrogen-bond donors (Lipinski definition) is 1. The van der Waals surface area contributed by atoms with E-state index in [1.807, 2.05) is 18.2 Å². The van der Waals surface area contributed by atoms with Crippen LogP contribution >= 0.6 is 0 Å². The van der Waals surface area contributed by atoms with Crippen LogP contribution in [0.15, 0.2) is 30.4 Å². The van der Waals surface area contributed by atoms with Crippen LogP contribution in [0, 0.1) is 0 Å². The molecule has 1 rings (SSSR count). The smallest absolute Gasteiger partial charge is 0.161 e. The molecule has 100 valence electrons. The Morgan fingerprint density at radius 2 is 2.06 bits per heavy atom. The largest absolute Gasteiger partial charge is 0.493 e. The molecule has 3 heteroatoms. The summed E-state index contributed by atoms with van der Waals surface area (Å²) in [6.07, 6.45) is 0.930. The molecule has 0 aliphatic heterocycles. The van der Waals surface area contributed by atoms with Crippen LogP contribution in [0.3, 0.4) is 0 Å². The third-order valence-electron chi connectivity index (χ3n) is 2.74. The second kappa shape index (κ2) is 7.77. The molecule has 0 aromatic heterocycles. The van der Waals surface area contributed by atoms with Crippen molar-refractivity contribution in [3.8, 4) is 11.5 Å². The molecular weight excluding hydrogens is 226 g/mol. The highest BCUT2D eigenvalue weighted by molar-refractivity contribution is 5.43.